The van der Waals surface area contributed by atoms with E-state index in [1.165, 1.54) is 6.92 Å². The van der Waals surface area contributed by atoms with Gasteiger partial charge in [-0.1, -0.05) is 45.1 Å². The van der Waals surface area contributed by atoms with Crippen molar-refractivity contribution in [3.8, 4) is 0 Å². The van der Waals surface area contributed by atoms with Crippen LogP contribution >= 0.6 is 0 Å². The maximum atomic E-state index is 11.8. The molecular weight excluding hydrogens is 408 g/mol. The molecule has 0 amide bonds. The van der Waals surface area contributed by atoms with E-state index in [4.69, 9.17) is 18.6 Å². The molecule has 0 unspecified atom stereocenters. The van der Waals surface area contributed by atoms with Crippen LogP contribution in [0.3, 0.4) is 0 Å². The Morgan fingerprint density at radius 2 is 1.87 bits per heavy atom. The van der Waals surface area contributed by atoms with Crippen molar-refractivity contribution in [2.24, 2.45) is 11.8 Å². The molecular formula is C25H42O5Si. The Labute approximate surface area is 190 Å². The average Bonchev–Trinajstić information content (AvgIpc) is 2.84. The predicted molar refractivity (Wildman–Crippen MR) is 127 cm³/mol. The quantitative estimate of drug-likeness (QED) is 0.266. The van der Waals surface area contributed by atoms with E-state index in [-0.39, 0.29) is 47.3 Å². The second-order valence-electron chi connectivity index (χ2n) is 10.7. The standard InChI is InChI=1S/C25H42O5Si/c1-11-14-21(27-17(3)26)19-16-13-15-18(22-23(19)29-25(7,8)28-22)20(12-2)30-31(9,10)24(4,5)6/h11-13,15,18-23H,1-2,14,16H2,3-10H3/t18-,19+,20+,21+,22-,23+/m0/s1. The first kappa shape index (κ1) is 26.0. The number of rotatable bonds is 8. The molecule has 0 aromatic carbocycles. The number of hydrogen-bond acceptors (Lipinski definition) is 5. The lowest BCUT2D eigenvalue weighted by Gasteiger charge is -2.41. The SMILES string of the molecule is C=CC[C@@H](OC(C)=O)[C@H]1CC=C[C@@H]([C@@H](C=C)O[Si](C)(C)C(C)(C)C)[C@@H]2OC(C)(C)O[C@H]12. The van der Waals surface area contributed by atoms with E-state index >= 15 is 0 Å². The van der Waals surface area contributed by atoms with Gasteiger partial charge >= 0.3 is 5.97 Å². The van der Waals surface area contributed by atoms with Crippen LogP contribution in [0.15, 0.2) is 37.5 Å². The number of esters is 1. The van der Waals surface area contributed by atoms with Gasteiger partial charge in [0.1, 0.15) is 6.10 Å². The van der Waals surface area contributed by atoms with Crippen LogP contribution in [0.5, 0.6) is 0 Å². The molecule has 31 heavy (non-hydrogen) atoms. The van der Waals surface area contributed by atoms with Gasteiger partial charge in [-0.2, -0.15) is 0 Å². The fourth-order valence-corrected chi connectivity index (χ4v) is 5.52. The third kappa shape index (κ3) is 6.19. The molecule has 1 aliphatic heterocycles. The lowest BCUT2D eigenvalue weighted by atomic mass is 9.84. The number of fused-ring (bicyclic) bond motifs is 1. The minimum Gasteiger partial charge on any atom is -0.462 e. The Morgan fingerprint density at radius 3 is 2.39 bits per heavy atom. The van der Waals surface area contributed by atoms with Crippen LogP contribution in [0, 0.1) is 11.8 Å². The molecule has 0 aromatic rings. The van der Waals surface area contributed by atoms with Gasteiger partial charge in [-0.05, 0) is 38.4 Å². The molecule has 0 aromatic heterocycles. The van der Waals surface area contributed by atoms with Gasteiger partial charge in [0.2, 0.25) is 0 Å². The van der Waals surface area contributed by atoms with Crippen molar-refractivity contribution >= 4 is 14.3 Å². The van der Waals surface area contributed by atoms with Crippen LogP contribution in [0.1, 0.15) is 54.4 Å². The van der Waals surface area contributed by atoms with Gasteiger partial charge in [-0.3, -0.25) is 4.79 Å². The van der Waals surface area contributed by atoms with Crippen molar-refractivity contribution in [3.05, 3.63) is 37.5 Å². The van der Waals surface area contributed by atoms with Gasteiger partial charge in [0.05, 0.1) is 18.3 Å². The normalized spacial score (nSPS) is 30.1. The van der Waals surface area contributed by atoms with E-state index in [0.717, 1.165) is 6.42 Å². The fraction of sp³-hybridized carbons (Fsp3) is 0.720. The number of ether oxygens (including phenoxy) is 3. The first-order valence-corrected chi connectivity index (χ1v) is 14.2. The molecule has 176 valence electrons. The second kappa shape index (κ2) is 9.73. The Morgan fingerprint density at radius 1 is 1.26 bits per heavy atom. The van der Waals surface area contributed by atoms with Crippen LogP contribution in [-0.2, 0) is 23.4 Å². The molecule has 1 heterocycles. The average molecular weight is 451 g/mol. The predicted octanol–water partition coefficient (Wildman–Crippen LogP) is 5.78. The highest BCUT2D eigenvalue weighted by atomic mass is 28.4. The highest BCUT2D eigenvalue weighted by Crippen LogP contribution is 2.45. The molecule has 1 saturated heterocycles. The highest BCUT2D eigenvalue weighted by Gasteiger charge is 2.53. The van der Waals surface area contributed by atoms with E-state index in [1.54, 1.807) is 6.08 Å². The van der Waals surface area contributed by atoms with Crippen LogP contribution in [-0.4, -0.2) is 44.5 Å². The summed E-state index contributed by atoms with van der Waals surface area (Å²) in [4.78, 5) is 11.8. The van der Waals surface area contributed by atoms with Crippen molar-refractivity contribution in [1.82, 2.24) is 0 Å². The second-order valence-corrected chi connectivity index (χ2v) is 15.5. The molecule has 6 atom stereocenters. The molecule has 0 radical (unpaired) electrons. The fourth-order valence-electron chi connectivity index (χ4n) is 4.23. The summed E-state index contributed by atoms with van der Waals surface area (Å²) >= 11 is 0. The molecule has 1 fully saturated rings. The first-order chi connectivity index (χ1) is 14.2. The maximum Gasteiger partial charge on any atom is 0.302 e. The summed E-state index contributed by atoms with van der Waals surface area (Å²) in [6.45, 7) is 24.5. The van der Waals surface area contributed by atoms with E-state index in [1.807, 2.05) is 19.9 Å². The zero-order valence-electron chi connectivity index (χ0n) is 20.6. The van der Waals surface area contributed by atoms with Crippen molar-refractivity contribution < 1.29 is 23.4 Å². The lowest BCUT2D eigenvalue weighted by Crippen LogP contribution is -2.49. The summed E-state index contributed by atoms with van der Waals surface area (Å²) in [6, 6.07) is 0. The number of hydrogen-bond donors (Lipinski definition) is 0. The number of carbonyl (C=O) groups excluding carboxylic acids is 1. The van der Waals surface area contributed by atoms with Gasteiger partial charge < -0.3 is 18.6 Å². The van der Waals surface area contributed by atoms with Crippen molar-refractivity contribution in [2.75, 3.05) is 0 Å². The minimum atomic E-state index is -2.03. The third-order valence-corrected chi connectivity index (χ3v) is 11.2. The molecule has 2 rings (SSSR count). The van der Waals surface area contributed by atoms with Gasteiger partial charge in [0.15, 0.2) is 14.1 Å². The van der Waals surface area contributed by atoms with Crippen LogP contribution in [0.25, 0.3) is 0 Å². The van der Waals surface area contributed by atoms with Gasteiger partial charge in [0, 0.05) is 25.2 Å². The smallest absolute Gasteiger partial charge is 0.302 e. The zero-order valence-corrected chi connectivity index (χ0v) is 21.6. The summed E-state index contributed by atoms with van der Waals surface area (Å²) in [5.41, 5.74) is 0. The summed E-state index contributed by atoms with van der Waals surface area (Å²) in [5.74, 6) is -1.09. The Hall–Kier alpha value is -1.21. The van der Waals surface area contributed by atoms with Crippen LogP contribution in [0.2, 0.25) is 18.1 Å². The highest BCUT2D eigenvalue weighted by molar-refractivity contribution is 6.74. The summed E-state index contributed by atoms with van der Waals surface area (Å²) in [7, 11) is -2.03. The molecule has 5 nitrogen and oxygen atoms in total. The largest absolute Gasteiger partial charge is 0.462 e. The number of carbonyl (C=O) groups is 1. The third-order valence-electron chi connectivity index (χ3n) is 6.77. The van der Waals surface area contributed by atoms with Gasteiger partial charge in [0.25, 0.3) is 0 Å². The van der Waals surface area contributed by atoms with Crippen molar-refractivity contribution in [1.29, 1.82) is 0 Å². The Bertz CT molecular complexity index is 691. The van der Waals surface area contributed by atoms with Gasteiger partial charge in [-0.25, -0.2) is 0 Å². The maximum absolute atomic E-state index is 11.8. The first-order valence-electron chi connectivity index (χ1n) is 11.3. The van der Waals surface area contributed by atoms with Crippen LogP contribution < -0.4 is 0 Å². The molecule has 1 aliphatic carbocycles. The Balaban J connectivity index is 2.39. The molecule has 0 bridgehead atoms. The zero-order chi connectivity index (χ0) is 23.6. The molecule has 2 aliphatic rings. The van der Waals surface area contributed by atoms with E-state index in [2.05, 4.69) is 59.2 Å². The molecule has 6 heteroatoms. The van der Waals surface area contributed by atoms with Crippen molar-refractivity contribution in [3.63, 3.8) is 0 Å². The summed E-state index contributed by atoms with van der Waals surface area (Å²) in [6.07, 6.45) is 8.36. The molecule has 0 N–H and O–H groups in total. The van der Waals surface area contributed by atoms with E-state index < -0.39 is 14.1 Å². The van der Waals surface area contributed by atoms with E-state index in [9.17, 15) is 4.79 Å². The minimum absolute atomic E-state index is 0.0340. The summed E-state index contributed by atoms with van der Waals surface area (Å²) in [5, 5.41) is 0.0847. The Kier molecular flexibility index (Phi) is 8.18. The summed E-state index contributed by atoms with van der Waals surface area (Å²) < 4.78 is 25.3. The van der Waals surface area contributed by atoms with Crippen molar-refractivity contribution in [2.45, 2.75) is 103 Å². The topological polar surface area (TPSA) is 54.0 Å². The van der Waals surface area contributed by atoms with E-state index in [0.29, 0.717) is 6.42 Å². The monoisotopic (exact) mass is 450 g/mol. The lowest BCUT2D eigenvalue weighted by molar-refractivity contribution is -0.163. The van der Waals surface area contributed by atoms with Crippen LogP contribution in [0.4, 0.5) is 0 Å². The molecule has 0 spiro atoms. The molecule has 0 saturated carbocycles. The number of allylic oxidation sites excluding steroid dienone is 1. The van der Waals surface area contributed by atoms with Gasteiger partial charge in [-0.15, -0.1) is 13.2 Å².